The number of benzene rings is 2. The molecule has 1 saturated heterocycles. The van der Waals surface area contributed by atoms with Crippen LogP contribution >= 0.6 is 0 Å². The number of hydrogen-bond acceptors (Lipinski definition) is 5. The normalized spacial score (nSPS) is 15.3. The lowest BCUT2D eigenvalue weighted by molar-refractivity contribution is -0.0918. The number of nitrogens with one attached hydrogen (secondary N) is 2. The Morgan fingerprint density at radius 1 is 1.14 bits per heavy atom. The van der Waals surface area contributed by atoms with Gasteiger partial charge in [0.1, 0.15) is 5.70 Å². The van der Waals surface area contributed by atoms with Crippen LogP contribution in [0.3, 0.4) is 0 Å². The molecule has 2 aromatic carbocycles. The summed E-state index contributed by atoms with van der Waals surface area (Å²) in [7, 11) is 0. The van der Waals surface area contributed by atoms with Gasteiger partial charge in [-0.3, -0.25) is 9.59 Å². The Morgan fingerprint density at radius 2 is 1.89 bits per heavy atom. The highest BCUT2D eigenvalue weighted by Crippen LogP contribution is 2.29. The molecule has 0 bridgehead atoms. The van der Waals surface area contributed by atoms with E-state index in [2.05, 4.69) is 5.32 Å². The van der Waals surface area contributed by atoms with Crippen LogP contribution in [0, 0.1) is 11.3 Å². The molecule has 0 saturated carbocycles. The van der Waals surface area contributed by atoms with Crippen molar-refractivity contribution in [3.05, 3.63) is 87.5 Å². The maximum absolute atomic E-state index is 13.1. The van der Waals surface area contributed by atoms with Gasteiger partial charge in [0.15, 0.2) is 0 Å². The highest BCUT2D eigenvalue weighted by Gasteiger charge is 2.34. The van der Waals surface area contributed by atoms with Crippen LogP contribution in [0.25, 0.3) is 16.3 Å². The van der Waals surface area contributed by atoms with Crippen molar-refractivity contribution in [1.82, 2.24) is 9.88 Å². The molecule has 0 aliphatic carbocycles. The van der Waals surface area contributed by atoms with E-state index in [1.165, 1.54) is 22.8 Å². The molecule has 1 aliphatic heterocycles. The summed E-state index contributed by atoms with van der Waals surface area (Å²) in [6, 6.07) is 12.8. The highest BCUT2D eigenvalue weighted by atomic mass is 19.4. The first-order valence-electron chi connectivity index (χ1n) is 11.8. The molecule has 194 valence electrons. The van der Waals surface area contributed by atoms with Gasteiger partial charge in [0.25, 0.3) is 11.5 Å². The second kappa shape index (κ2) is 11.0. The molecule has 10 heteroatoms. The fourth-order valence-corrected chi connectivity index (χ4v) is 4.35. The van der Waals surface area contributed by atoms with Gasteiger partial charge < -0.3 is 25.8 Å². The average molecular weight is 513 g/mol. The lowest BCUT2D eigenvalue weighted by Crippen LogP contribution is -2.32. The number of pyridine rings is 1. The van der Waals surface area contributed by atoms with Crippen molar-refractivity contribution in [2.24, 2.45) is 11.7 Å². The number of amides is 1. The van der Waals surface area contributed by atoms with E-state index in [1.807, 2.05) is 6.07 Å². The number of rotatable bonds is 7. The number of halogens is 3. The van der Waals surface area contributed by atoms with Crippen molar-refractivity contribution in [2.45, 2.75) is 25.6 Å². The number of fused-ring (bicyclic) bond motifs is 1. The molecule has 37 heavy (non-hydrogen) atoms. The molecule has 1 aliphatic rings. The number of alkyl halides is 3. The summed E-state index contributed by atoms with van der Waals surface area (Å²) in [6.45, 7) is 2.21. The minimum absolute atomic E-state index is 0.0916. The fourth-order valence-electron chi connectivity index (χ4n) is 4.35. The Balaban J connectivity index is 1.53. The molecule has 2 heterocycles. The molecule has 0 unspecified atom stereocenters. The van der Waals surface area contributed by atoms with Crippen molar-refractivity contribution >= 4 is 28.5 Å². The second-order valence-electron chi connectivity index (χ2n) is 8.99. The fraction of sp³-hybridized carbons (Fsp3) is 0.296. The predicted octanol–water partition coefficient (Wildman–Crippen LogP) is 4.09. The van der Waals surface area contributed by atoms with E-state index in [9.17, 15) is 22.8 Å². The third-order valence-corrected chi connectivity index (χ3v) is 6.46. The van der Waals surface area contributed by atoms with E-state index in [0.29, 0.717) is 48.2 Å². The number of nitrogens with two attached hydrogens (primary N) is 1. The van der Waals surface area contributed by atoms with Crippen molar-refractivity contribution in [2.75, 3.05) is 19.8 Å². The number of nitrogens with zero attached hydrogens (tertiary/aromatic N) is 1. The van der Waals surface area contributed by atoms with Crippen molar-refractivity contribution < 1.29 is 22.7 Å². The Morgan fingerprint density at radius 3 is 2.59 bits per heavy atom. The van der Waals surface area contributed by atoms with Crippen molar-refractivity contribution in [3.8, 4) is 0 Å². The van der Waals surface area contributed by atoms with Gasteiger partial charge in [-0.15, -0.1) is 0 Å². The van der Waals surface area contributed by atoms with E-state index in [1.54, 1.807) is 30.5 Å². The number of carbonyl (C=O) groups excluding carboxylic acids is 1. The van der Waals surface area contributed by atoms with Crippen molar-refractivity contribution in [1.29, 1.82) is 5.41 Å². The van der Waals surface area contributed by atoms with Gasteiger partial charge in [-0.25, -0.2) is 0 Å². The van der Waals surface area contributed by atoms with E-state index < -0.39 is 17.4 Å². The molecule has 0 atom stereocenters. The van der Waals surface area contributed by atoms with Gasteiger partial charge in [-0.05, 0) is 65.6 Å². The predicted molar refractivity (Wildman–Crippen MR) is 136 cm³/mol. The largest absolute Gasteiger partial charge is 0.431 e. The highest BCUT2D eigenvalue weighted by molar-refractivity contribution is 6.10. The molecule has 7 nitrogen and oxygen atoms in total. The molecular weight excluding hydrogens is 485 g/mol. The molecule has 4 N–H and O–H groups in total. The van der Waals surface area contributed by atoms with Crippen LogP contribution < -0.4 is 16.6 Å². The Labute approximate surface area is 211 Å². The van der Waals surface area contributed by atoms with Crippen LogP contribution in [-0.2, 0) is 11.3 Å². The first kappa shape index (κ1) is 26.2. The van der Waals surface area contributed by atoms with Gasteiger partial charge in [-0.1, -0.05) is 18.2 Å². The van der Waals surface area contributed by atoms with E-state index in [0.717, 1.165) is 18.4 Å². The minimum atomic E-state index is -4.78. The van der Waals surface area contributed by atoms with Crippen LogP contribution in [0.1, 0.15) is 34.3 Å². The summed E-state index contributed by atoms with van der Waals surface area (Å²) in [4.78, 5) is 25.7. The van der Waals surface area contributed by atoms with Gasteiger partial charge in [0.2, 0.25) is 0 Å². The number of ether oxygens (including phenoxy) is 1. The first-order chi connectivity index (χ1) is 17.7. The molecule has 3 aromatic rings. The van der Waals surface area contributed by atoms with Crippen LogP contribution in [0.5, 0.6) is 0 Å². The average Bonchev–Trinajstić information content (AvgIpc) is 2.89. The third-order valence-electron chi connectivity index (χ3n) is 6.46. The van der Waals surface area contributed by atoms with Gasteiger partial charge >= 0.3 is 6.18 Å². The zero-order chi connectivity index (χ0) is 26.6. The quantitative estimate of drug-likeness (QED) is 0.414. The lowest BCUT2D eigenvalue weighted by Gasteiger charge is -2.22. The Bertz CT molecular complexity index is 1410. The molecule has 0 spiro atoms. The number of allylic oxidation sites excluding steroid dienone is 2. The maximum atomic E-state index is 13.1. The van der Waals surface area contributed by atoms with Crippen molar-refractivity contribution in [3.63, 3.8) is 0 Å². The second-order valence-corrected chi connectivity index (χ2v) is 8.99. The summed E-state index contributed by atoms with van der Waals surface area (Å²) < 4.78 is 46.0. The molecule has 4 rings (SSSR count). The standard InChI is InChI=1S/C27H27F3N4O3/c28-27(29,30)24(32)23(14-31)19-4-5-22-20(13-19)6-9-34(26(22)36)16-18-2-1-3-21(12-18)25(35)33-15-17-7-10-37-11-8-17/h1-6,9,12-14,17,31H,7-8,10-11,15-16,32H2,(H,33,35)/b24-23+,31-14?. The third kappa shape index (κ3) is 6.08. The maximum Gasteiger partial charge on any atom is 0.431 e. The molecule has 1 amide bonds. The van der Waals surface area contributed by atoms with E-state index in [4.69, 9.17) is 15.9 Å². The SMILES string of the molecule is N=C/C(=C(\N)C(F)(F)F)c1ccc2c(=O)n(Cc3cccc(C(=O)NCC4CCOCC4)c3)ccc2c1. The number of aromatic nitrogens is 1. The number of carbonyl (C=O) groups is 1. The monoisotopic (exact) mass is 512 g/mol. The Kier molecular flexibility index (Phi) is 7.77. The smallest absolute Gasteiger partial charge is 0.394 e. The first-order valence-corrected chi connectivity index (χ1v) is 11.8. The van der Waals surface area contributed by atoms with Crippen LogP contribution in [-0.4, -0.2) is 42.6 Å². The summed E-state index contributed by atoms with van der Waals surface area (Å²) in [6.07, 6.45) is -0.838. The summed E-state index contributed by atoms with van der Waals surface area (Å²) in [5.74, 6) is 0.216. The number of hydrogen-bond donors (Lipinski definition) is 3. The van der Waals surface area contributed by atoms with Gasteiger partial charge in [-0.2, -0.15) is 13.2 Å². The van der Waals surface area contributed by atoms with E-state index in [-0.39, 0.29) is 23.6 Å². The lowest BCUT2D eigenvalue weighted by atomic mass is 10.0. The Hall–Kier alpha value is -3.92. The van der Waals surface area contributed by atoms with Crippen LogP contribution in [0.15, 0.2) is 65.2 Å². The molecule has 1 aromatic heterocycles. The van der Waals surface area contributed by atoms with Crippen LogP contribution in [0.4, 0.5) is 13.2 Å². The summed E-state index contributed by atoms with van der Waals surface area (Å²) in [5.41, 5.74) is 4.39. The molecule has 1 fully saturated rings. The van der Waals surface area contributed by atoms with Crippen LogP contribution in [0.2, 0.25) is 0 Å². The topological polar surface area (TPSA) is 110 Å². The summed E-state index contributed by atoms with van der Waals surface area (Å²) in [5, 5.41) is 11.1. The van der Waals surface area contributed by atoms with Gasteiger partial charge in [0.05, 0.1) is 6.54 Å². The minimum Gasteiger partial charge on any atom is -0.394 e. The molecule has 0 radical (unpaired) electrons. The molecular formula is C27H27F3N4O3. The zero-order valence-corrected chi connectivity index (χ0v) is 20.0. The summed E-state index contributed by atoms with van der Waals surface area (Å²) >= 11 is 0. The van der Waals surface area contributed by atoms with E-state index >= 15 is 0 Å². The zero-order valence-electron chi connectivity index (χ0n) is 20.0. The van der Waals surface area contributed by atoms with Gasteiger partial charge in [0, 0.05) is 48.7 Å².